The minimum atomic E-state index is -0.715. The molecule has 2 N–H and O–H groups in total. The van der Waals surface area contributed by atoms with Crippen LogP contribution in [0.2, 0.25) is 0 Å². The van der Waals surface area contributed by atoms with Crippen LogP contribution in [0.1, 0.15) is 6.42 Å². The summed E-state index contributed by atoms with van der Waals surface area (Å²) in [7, 11) is 0. The molecule has 1 aliphatic heterocycles. The van der Waals surface area contributed by atoms with Gasteiger partial charge in [0, 0.05) is 11.6 Å². The van der Waals surface area contributed by atoms with E-state index in [4.69, 9.17) is 0 Å². The van der Waals surface area contributed by atoms with E-state index in [0.29, 0.717) is 5.69 Å². The lowest BCUT2D eigenvalue weighted by molar-refractivity contribution is -0.117. The third-order valence-electron chi connectivity index (χ3n) is 3.16. The first-order valence-electron chi connectivity index (χ1n) is 6.29. The summed E-state index contributed by atoms with van der Waals surface area (Å²) in [6.45, 7) is 0.153. The lowest BCUT2D eigenvalue weighted by Gasteiger charge is -2.14. The summed E-state index contributed by atoms with van der Waals surface area (Å²) in [6.07, 6.45) is -0.660. The third kappa shape index (κ3) is 2.33. The van der Waals surface area contributed by atoms with Crippen molar-refractivity contribution >= 4 is 11.9 Å². The zero-order valence-corrected chi connectivity index (χ0v) is 10.6. The van der Waals surface area contributed by atoms with E-state index in [0.717, 1.165) is 5.56 Å². The molecular formula is C14H13N3O3. The lowest BCUT2D eigenvalue weighted by Crippen LogP contribution is -2.29. The summed E-state index contributed by atoms with van der Waals surface area (Å²) >= 11 is 0. The second-order valence-electron chi connectivity index (χ2n) is 4.68. The van der Waals surface area contributed by atoms with Gasteiger partial charge < -0.3 is 5.11 Å². The van der Waals surface area contributed by atoms with Crippen LogP contribution in [0.15, 0.2) is 41.2 Å². The van der Waals surface area contributed by atoms with Crippen molar-refractivity contribution in [1.29, 1.82) is 0 Å². The fourth-order valence-corrected chi connectivity index (χ4v) is 2.22. The number of aliphatic hydroxyl groups is 1. The van der Waals surface area contributed by atoms with Gasteiger partial charge in [-0.05, 0) is 0 Å². The number of β-amino-alcohol motifs (C(OH)–C–C–N with tert-alkyl or cyclic N) is 1. The second-order valence-corrected chi connectivity index (χ2v) is 4.68. The van der Waals surface area contributed by atoms with Crippen LogP contribution in [0.4, 0.5) is 5.95 Å². The largest absolute Gasteiger partial charge is 0.391 e. The quantitative estimate of drug-likeness (QED) is 0.834. The Morgan fingerprint density at radius 3 is 2.65 bits per heavy atom. The number of hydrogen-bond acceptors (Lipinski definition) is 4. The Morgan fingerprint density at radius 1 is 1.25 bits per heavy atom. The monoisotopic (exact) mass is 271 g/mol. The molecule has 1 unspecified atom stereocenters. The molecule has 3 rings (SSSR count). The van der Waals surface area contributed by atoms with Crippen molar-refractivity contribution in [3.05, 3.63) is 46.8 Å². The number of nitrogens with zero attached hydrogens (tertiary/aromatic N) is 2. The molecule has 1 aromatic carbocycles. The first kappa shape index (κ1) is 12.6. The number of aliphatic hydroxyl groups excluding tert-OH is 1. The molecule has 6 nitrogen and oxygen atoms in total. The molecule has 1 aromatic heterocycles. The van der Waals surface area contributed by atoms with Gasteiger partial charge >= 0.3 is 0 Å². The number of carbonyl (C=O) groups is 1. The highest BCUT2D eigenvalue weighted by Crippen LogP contribution is 2.20. The number of aromatic amines is 1. The molecule has 0 saturated carbocycles. The fourth-order valence-electron chi connectivity index (χ4n) is 2.22. The average molecular weight is 271 g/mol. The van der Waals surface area contributed by atoms with E-state index in [1.165, 1.54) is 11.0 Å². The van der Waals surface area contributed by atoms with Gasteiger partial charge in [-0.1, -0.05) is 30.3 Å². The van der Waals surface area contributed by atoms with Crippen molar-refractivity contribution in [2.75, 3.05) is 11.4 Å². The smallest absolute Gasteiger partial charge is 0.252 e. The van der Waals surface area contributed by atoms with Crippen LogP contribution < -0.4 is 10.5 Å². The molecule has 20 heavy (non-hydrogen) atoms. The van der Waals surface area contributed by atoms with Gasteiger partial charge in [0.15, 0.2) is 0 Å². The van der Waals surface area contributed by atoms with Crippen LogP contribution in [0.5, 0.6) is 0 Å². The first-order chi connectivity index (χ1) is 9.63. The Morgan fingerprint density at radius 2 is 2.00 bits per heavy atom. The summed E-state index contributed by atoms with van der Waals surface area (Å²) in [5, 5.41) is 9.50. The van der Waals surface area contributed by atoms with Gasteiger partial charge in [0.1, 0.15) is 0 Å². The maximum atomic E-state index is 11.7. The predicted octanol–water partition coefficient (Wildman–Crippen LogP) is 0.534. The van der Waals surface area contributed by atoms with Crippen LogP contribution in [0, 0.1) is 0 Å². The summed E-state index contributed by atoms with van der Waals surface area (Å²) in [5.74, 6) is -0.0660. The normalized spacial score (nSPS) is 18.6. The van der Waals surface area contributed by atoms with Crippen LogP contribution in [0.25, 0.3) is 11.3 Å². The van der Waals surface area contributed by atoms with Gasteiger partial charge in [-0.2, -0.15) is 0 Å². The van der Waals surface area contributed by atoms with Crippen molar-refractivity contribution in [2.45, 2.75) is 12.5 Å². The van der Waals surface area contributed by atoms with E-state index < -0.39 is 6.10 Å². The molecule has 6 heteroatoms. The number of nitrogens with one attached hydrogen (secondary N) is 1. The Hall–Kier alpha value is -2.47. The lowest BCUT2D eigenvalue weighted by atomic mass is 10.1. The number of amides is 1. The zero-order valence-electron chi connectivity index (χ0n) is 10.6. The number of anilines is 1. The fraction of sp³-hybridized carbons (Fsp3) is 0.214. The van der Waals surface area contributed by atoms with Crippen molar-refractivity contribution in [3.8, 4) is 11.3 Å². The van der Waals surface area contributed by atoms with Gasteiger partial charge in [-0.25, -0.2) is 4.98 Å². The molecular weight excluding hydrogens is 258 g/mol. The van der Waals surface area contributed by atoms with Gasteiger partial charge in [-0.15, -0.1) is 0 Å². The minimum Gasteiger partial charge on any atom is -0.391 e. The van der Waals surface area contributed by atoms with Crippen molar-refractivity contribution < 1.29 is 9.90 Å². The Bertz CT molecular complexity index is 696. The number of rotatable bonds is 2. The number of hydrogen-bond donors (Lipinski definition) is 2. The van der Waals surface area contributed by atoms with Crippen molar-refractivity contribution in [1.82, 2.24) is 9.97 Å². The predicted molar refractivity (Wildman–Crippen MR) is 73.3 cm³/mol. The van der Waals surface area contributed by atoms with Gasteiger partial charge in [0.2, 0.25) is 11.9 Å². The Balaban J connectivity index is 2.04. The maximum Gasteiger partial charge on any atom is 0.252 e. The molecule has 1 aliphatic rings. The number of carbonyl (C=O) groups excluding carboxylic acids is 1. The van der Waals surface area contributed by atoms with E-state index in [-0.39, 0.29) is 30.4 Å². The van der Waals surface area contributed by atoms with Gasteiger partial charge in [0.05, 0.1) is 24.8 Å². The summed E-state index contributed by atoms with van der Waals surface area (Å²) in [5.41, 5.74) is 0.966. The van der Waals surface area contributed by atoms with Crippen molar-refractivity contribution in [3.63, 3.8) is 0 Å². The second kappa shape index (κ2) is 4.90. The average Bonchev–Trinajstić information content (AvgIpc) is 2.78. The van der Waals surface area contributed by atoms with Crippen LogP contribution >= 0.6 is 0 Å². The minimum absolute atomic E-state index is 0.0548. The molecule has 0 radical (unpaired) electrons. The highest BCUT2D eigenvalue weighted by atomic mass is 16.3. The van der Waals surface area contributed by atoms with Crippen LogP contribution in [0.3, 0.4) is 0 Å². The van der Waals surface area contributed by atoms with E-state index >= 15 is 0 Å². The van der Waals surface area contributed by atoms with E-state index in [1.807, 2.05) is 30.3 Å². The van der Waals surface area contributed by atoms with E-state index in [9.17, 15) is 14.7 Å². The molecule has 2 heterocycles. The molecule has 0 bridgehead atoms. The van der Waals surface area contributed by atoms with Crippen LogP contribution in [-0.4, -0.2) is 33.6 Å². The SMILES string of the molecule is O=C1CC(O)CN1c1nc(-c2ccccc2)cc(=O)[nH]1. The number of benzene rings is 1. The molecule has 1 amide bonds. The molecule has 1 saturated heterocycles. The standard InChI is InChI=1S/C14H13N3O3/c18-10-6-13(20)17(8-10)14-15-11(7-12(19)16-14)9-4-2-1-3-5-9/h1-5,7,10,18H,6,8H2,(H,15,16,19). The molecule has 0 aliphatic carbocycles. The van der Waals surface area contributed by atoms with Crippen LogP contribution in [-0.2, 0) is 4.79 Å². The summed E-state index contributed by atoms with van der Waals surface area (Å²) in [4.78, 5) is 31.6. The Kier molecular flexibility index (Phi) is 3.08. The molecule has 0 spiro atoms. The maximum absolute atomic E-state index is 11.7. The first-order valence-corrected chi connectivity index (χ1v) is 6.29. The molecule has 1 fully saturated rings. The highest BCUT2D eigenvalue weighted by molar-refractivity contribution is 5.94. The van der Waals surface area contributed by atoms with Gasteiger partial charge in [0.25, 0.3) is 5.56 Å². The Labute approximate surface area is 114 Å². The molecule has 102 valence electrons. The van der Waals surface area contributed by atoms with E-state index in [2.05, 4.69) is 9.97 Å². The highest BCUT2D eigenvalue weighted by Gasteiger charge is 2.30. The topological polar surface area (TPSA) is 86.3 Å². The molecule has 1 atom stereocenters. The summed E-state index contributed by atoms with van der Waals surface area (Å²) in [6, 6.07) is 10.6. The molecule has 2 aromatic rings. The third-order valence-corrected chi connectivity index (χ3v) is 3.16. The zero-order chi connectivity index (χ0) is 14.1. The van der Waals surface area contributed by atoms with Gasteiger partial charge in [-0.3, -0.25) is 19.5 Å². The van der Waals surface area contributed by atoms with Crippen molar-refractivity contribution in [2.24, 2.45) is 0 Å². The van der Waals surface area contributed by atoms with E-state index in [1.54, 1.807) is 0 Å². The number of aromatic nitrogens is 2. The summed E-state index contributed by atoms with van der Waals surface area (Å²) < 4.78 is 0. The number of H-pyrrole nitrogens is 1.